The number of aliphatic carboxylic acids is 1. The van der Waals surface area contributed by atoms with E-state index in [9.17, 15) is 9.59 Å². The van der Waals surface area contributed by atoms with Gasteiger partial charge in [0.15, 0.2) is 6.10 Å². The van der Waals surface area contributed by atoms with Gasteiger partial charge in [-0.3, -0.25) is 9.78 Å². The highest BCUT2D eigenvalue weighted by Crippen LogP contribution is 2.23. The lowest BCUT2D eigenvalue weighted by Gasteiger charge is -2.30. The number of morpholine rings is 1. The normalized spacial score (nSPS) is 17.2. The van der Waals surface area contributed by atoms with E-state index < -0.39 is 12.1 Å². The van der Waals surface area contributed by atoms with Crippen molar-refractivity contribution in [1.82, 2.24) is 9.88 Å². The van der Waals surface area contributed by atoms with Crippen molar-refractivity contribution in [2.75, 3.05) is 26.8 Å². The summed E-state index contributed by atoms with van der Waals surface area (Å²) < 4.78 is 10.3. The summed E-state index contributed by atoms with van der Waals surface area (Å²) in [5.41, 5.74) is 2.13. The number of carboxylic acids is 1. The second-order valence-corrected chi connectivity index (χ2v) is 5.64. The average molecular weight is 342 g/mol. The molecule has 2 heterocycles. The van der Waals surface area contributed by atoms with Crippen molar-refractivity contribution in [2.24, 2.45) is 0 Å². The van der Waals surface area contributed by atoms with Crippen LogP contribution in [0.4, 0.5) is 0 Å². The first-order chi connectivity index (χ1) is 12.1. The van der Waals surface area contributed by atoms with Crippen molar-refractivity contribution in [3.63, 3.8) is 0 Å². The molecule has 1 aliphatic rings. The number of benzene rings is 1. The largest absolute Gasteiger partial charge is 0.497 e. The Bertz CT molecular complexity index is 775. The third kappa shape index (κ3) is 3.77. The summed E-state index contributed by atoms with van der Waals surface area (Å²) in [5, 5.41) is 9.06. The van der Waals surface area contributed by atoms with Crippen LogP contribution in [-0.2, 0) is 9.53 Å². The van der Waals surface area contributed by atoms with Crippen LogP contribution in [0.3, 0.4) is 0 Å². The Balaban J connectivity index is 1.80. The van der Waals surface area contributed by atoms with Gasteiger partial charge in [-0.15, -0.1) is 0 Å². The Kier molecular flexibility index (Phi) is 4.95. The number of ether oxygens (including phenoxy) is 2. The van der Waals surface area contributed by atoms with Crippen LogP contribution < -0.4 is 4.74 Å². The molecule has 1 aromatic carbocycles. The number of amides is 1. The number of carbonyl (C=O) groups is 2. The fourth-order valence-electron chi connectivity index (χ4n) is 2.66. The Morgan fingerprint density at radius 3 is 2.68 bits per heavy atom. The maximum atomic E-state index is 12.7. The predicted molar refractivity (Wildman–Crippen MR) is 89.5 cm³/mol. The van der Waals surface area contributed by atoms with Gasteiger partial charge in [0.05, 0.1) is 25.8 Å². The van der Waals surface area contributed by atoms with Crippen LogP contribution in [0.15, 0.2) is 42.7 Å². The lowest BCUT2D eigenvalue weighted by atomic mass is 10.1. The number of nitrogens with zero attached hydrogens (tertiary/aromatic N) is 2. The number of pyridine rings is 1. The number of carbonyl (C=O) groups excluding carboxylic acids is 1. The van der Waals surface area contributed by atoms with Crippen molar-refractivity contribution in [3.8, 4) is 16.9 Å². The first-order valence-electron chi connectivity index (χ1n) is 7.81. The van der Waals surface area contributed by atoms with Gasteiger partial charge in [-0.25, -0.2) is 4.79 Å². The molecule has 1 amide bonds. The molecule has 1 saturated heterocycles. The zero-order chi connectivity index (χ0) is 17.8. The van der Waals surface area contributed by atoms with Gasteiger partial charge in [-0.1, -0.05) is 12.1 Å². The summed E-state index contributed by atoms with van der Waals surface area (Å²) in [6.07, 6.45) is 2.17. The minimum absolute atomic E-state index is 0.0287. The summed E-state index contributed by atoms with van der Waals surface area (Å²) in [5.74, 6) is -0.572. The Hall–Kier alpha value is -2.93. The summed E-state index contributed by atoms with van der Waals surface area (Å²) in [4.78, 5) is 29.4. The molecule has 1 aliphatic heterocycles. The molecule has 7 nitrogen and oxygen atoms in total. The highest BCUT2D eigenvalue weighted by atomic mass is 16.5. The highest BCUT2D eigenvalue weighted by Gasteiger charge is 2.29. The van der Waals surface area contributed by atoms with Crippen molar-refractivity contribution in [1.29, 1.82) is 0 Å². The first-order valence-corrected chi connectivity index (χ1v) is 7.81. The molecule has 7 heteroatoms. The van der Waals surface area contributed by atoms with Gasteiger partial charge in [-0.2, -0.15) is 0 Å². The third-order valence-electron chi connectivity index (χ3n) is 4.04. The van der Waals surface area contributed by atoms with Crippen molar-refractivity contribution < 1.29 is 24.2 Å². The number of methoxy groups -OCH3 is 1. The van der Waals surface area contributed by atoms with Gasteiger partial charge in [0.2, 0.25) is 0 Å². The maximum Gasteiger partial charge on any atom is 0.334 e. The standard InChI is InChI=1S/C18H18N2O5/c1-24-15-4-2-12(3-5-15)13-8-14(10-19-9-13)17(21)20-6-7-25-16(11-20)18(22)23/h2-5,8-10,16H,6-7,11H2,1H3,(H,22,23)/t16-/m0/s1. The molecule has 3 rings (SSSR count). The molecule has 1 N–H and O–H groups in total. The van der Waals surface area contributed by atoms with E-state index in [0.29, 0.717) is 12.1 Å². The van der Waals surface area contributed by atoms with E-state index in [-0.39, 0.29) is 19.1 Å². The average Bonchev–Trinajstić information content (AvgIpc) is 2.67. The van der Waals surface area contributed by atoms with Crippen LogP contribution in [0.25, 0.3) is 11.1 Å². The Morgan fingerprint density at radius 2 is 2.00 bits per heavy atom. The summed E-state index contributed by atoms with van der Waals surface area (Å²) >= 11 is 0. The van der Waals surface area contributed by atoms with Gasteiger partial charge in [0.25, 0.3) is 5.91 Å². The van der Waals surface area contributed by atoms with E-state index >= 15 is 0 Å². The fourth-order valence-corrected chi connectivity index (χ4v) is 2.66. The molecule has 25 heavy (non-hydrogen) atoms. The smallest absolute Gasteiger partial charge is 0.334 e. The van der Waals surface area contributed by atoms with Crippen LogP contribution in [0, 0.1) is 0 Å². The monoisotopic (exact) mass is 342 g/mol. The van der Waals surface area contributed by atoms with Crippen LogP contribution in [0.5, 0.6) is 5.75 Å². The van der Waals surface area contributed by atoms with Gasteiger partial charge >= 0.3 is 5.97 Å². The van der Waals surface area contributed by atoms with E-state index in [1.807, 2.05) is 24.3 Å². The molecule has 1 atom stereocenters. The molecule has 0 spiro atoms. The lowest BCUT2D eigenvalue weighted by molar-refractivity contribution is -0.154. The van der Waals surface area contributed by atoms with Crippen molar-refractivity contribution >= 4 is 11.9 Å². The molecule has 0 radical (unpaired) electrons. The molecule has 1 aromatic heterocycles. The number of hydrogen-bond acceptors (Lipinski definition) is 5. The van der Waals surface area contributed by atoms with E-state index in [1.54, 1.807) is 19.4 Å². The van der Waals surface area contributed by atoms with E-state index in [0.717, 1.165) is 16.9 Å². The minimum Gasteiger partial charge on any atom is -0.497 e. The summed E-state index contributed by atoms with van der Waals surface area (Å²) in [6.45, 7) is 0.588. The number of rotatable bonds is 4. The van der Waals surface area contributed by atoms with Crippen LogP contribution in [-0.4, -0.2) is 59.8 Å². The molecule has 0 saturated carbocycles. The molecular weight excluding hydrogens is 324 g/mol. The lowest BCUT2D eigenvalue weighted by Crippen LogP contribution is -2.48. The quantitative estimate of drug-likeness (QED) is 0.909. The fraction of sp³-hybridized carbons (Fsp3) is 0.278. The highest BCUT2D eigenvalue weighted by molar-refractivity contribution is 5.95. The second kappa shape index (κ2) is 7.31. The van der Waals surface area contributed by atoms with E-state index in [1.165, 1.54) is 11.1 Å². The van der Waals surface area contributed by atoms with Crippen molar-refractivity contribution in [3.05, 3.63) is 48.3 Å². The minimum atomic E-state index is -1.07. The zero-order valence-corrected chi connectivity index (χ0v) is 13.7. The first kappa shape index (κ1) is 16.9. The number of hydrogen-bond donors (Lipinski definition) is 1. The van der Waals surface area contributed by atoms with Crippen LogP contribution in [0.1, 0.15) is 10.4 Å². The molecule has 0 bridgehead atoms. The molecule has 130 valence electrons. The Labute approximate surface area is 144 Å². The number of carboxylic acid groups (broad SMARTS) is 1. The summed E-state index contributed by atoms with van der Waals surface area (Å²) in [7, 11) is 1.60. The van der Waals surface area contributed by atoms with Gasteiger partial charge in [-0.05, 0) is 23.8 Å². The second-order valence-electron chi connectivity index (χ2n) is 5.64. The van der Waals surface area contributed by atoms with Gasteiger partial charge in [0, 0.05) is 24.5 Å². The zero-order valence-electron chi connectivity index (χ0n) is 13.7. The molecule has 0 unspecified atom stereocenters. The third-order valence-corrected chi connectivity index (χ3v) is 4.04. The SMILES string of the molecule is COc1ccc(-c2cncc(C(=O)N3CCO[C@H](C(=O)O)C3)c2)cc1. The van der Waals surface area contributed by atoms with Crippen LogP contribution >= 0.6 is 0 Å². The van der Waals surface area contributed by atoms with Crippen molar-refractivity contribution in [2.45, 2.75) is 6.10 Å². The van der Waals surface area contributed by atoms with E-state index in [2.05, 4.69) is 4.98 Å². The van der Waals surface area contributed by atoms with Gasteiger partial charge < -0.3 is 19.5 Å². The number of aromatic nitrogens is 1. The summed E-state index contributed by atoms with van der Waals surface area (Å²) in [6, 6.07) is 9.20. The topological polar surface area (TPSA) is 89.0 Å². The molecular formula is C18H18N2O5. The van der Waals surface area contributed by atoms with Gasteiger partial charge in [0.1, 0.15) is 5.75 Å². The molecule has 0 aliphatic carbocycles. The molecule has 2 aromatic rings. The molecule has 1 fully saturated rings. The predicted octanol–water partition coefficient (Wildman–Crippen LogP) is 1.68. The van der Waals surface area contributed by atoms with Crippen LogP contribution in [0.2, 0.25) is 0 Å². The maximum absolute atomic E-state index is 12.7. The van der Waals surface area contributed by atoms with E-state index in [4.69, 9.17) is 14.6 Å². The Morgan fingerprint density at radius 1 is 1.24 bits per heavy atom.